The second-order valence-corrected chi connectivity index (χ2v) is 15.3. The van der Waals surface area contributed by atoms with E-state index in [1.54, 1.807) is 33.7 Å². The number of nitrogens with zero attached hydrogens (tertiary/aromatic N) is 8. The highest BCUT2D eigenvalue weighted by molar-refractivity contribution is 9.10. The van der Waals surface area contributed by atoms with Gasteiger partial charge >= 0.3 is 0 Å². The first-order valence-electron chi connectivity index (χ1n) is 19.4. The van der Waals surface area contributed by atoms with Crippen LogP contribution in [0, 0.1) is 5.82 Å². The Bertz CT molecular complexity index is 2750. The van der Waals surface area contributed by atoms with Crippen molar-refractivity contribution in [1.82, 2.24) is 49.8 Å². The third kappa shape index (κ3) is 7.93. The highest BCUT2D eigenvalue weighted by Crippen LogP contribution is 2.31. The lowest BCUT2D eigenvalue weighted by Gasteiger charge is -2.23. The van der Waals surface area contributed by atoms with E-state index in [0.717, 1.165) is 118 Å². The molecule has 0 radical (unpaired) electrons. The van der Waals surface area contributed by atoms with Crippen LogP contribution >= 0.6 is 15.9 Å². The van der Waals surface area contributed by atoms with Crippen LogP contribution in [-0.4, -0.2) is 77.7 Å². The van der Waals surface area contributed by atoms with Crippen molar-refractivity contribution in [2.45, 2.75) is 50.9 Å². The van der Waals surface area contributed by atoms with Gasteiger partial charge in [0.2, 0.25) is 0 Å². The minimum atomic E-state index is -0.297. The van der Waals surface area contributed by atoms with Gasteiger partial charge in [-0.15, -0.1) is 0 Å². The molecule has 0 atom stereocenters. The molecule has 2 aromatic carbocycles. The summed E-state index contributed by atoms with van der Waals surface area (Å²) in [5.41, 5.74) is 20.9. The van der Waals surface area contributed by atoms with Crippen LogP contribution in [-0.2, 0) is 22.6 Å². The van der Waals surface area contributed by atoms with Crippen molar-refractivity contribution in [3.63, 3.8) is 0 Å². The van der Waals surface area contributed by atoms with Crippen molar-refractivity contribution in [2.24, 2.45) is 0 Å². The maximum absolute atomic E-state index is 13.7. The summed E-state index contributed by atoms with van der Waals surface area (Å²) in [7, 11) is 0. The van der Waals surface area contributed by atoms with Crippen LogP contribution in [0.3, 0.4) is 0 Å². The molecule has 6 N–H and O–H groups in total. The molecule has 2 saturated heterocycles. The van der Waals surface area contributed by atoms with Crippen LogP contribution in [0.2, 0.25) is 0 Å². The summed E-state index contributed by atoms with van der Waals surface area (Å²) in [6.45, 7) is 4.43. The topological polar surface area (TPSA) is 181 Å². The molecule has 0 saturated carbocycles. The SMILES string of the molecule is Nc1c(Br)c(CNC2CCOCC2)nc2c(-c3cnc4ccc(F)cc4c3)cnn12.Nc1cc(CNC2CCOCC2)nc2c(-c3cnc4ccccc4c3)cnn12. The van der Waals surface area contributed by atoms with Crippen LogP contribution < -0.4 is 22.1 Å². The summed E-state index contributed by atoms with van der Waals surface area (Å²) in [5.74, 6) is 0.762. The van der Waals surface area contributed by atoms with Crippen LogP contribution in [0.1, 0.15) is 37.1 Å². The van der Waals surface area contributed by atoms with Crippen molar-refractivity contribution in [2.75, 3.05) is 37.9 Å². The van der Waals surface area contributed by atoms with Crippen molar-refractivity contribution in [3.05, 3.63) is 107 Å². The van der Waals surface area contributed by atoms with Gasteiger partial charge in [0.15, 0.2) is 11.3 Å². The Hall–Kier alpha value is -5.65. The number of halogens is 2. The molecular formula is C42H42BrFN12O2. The van der Waals surface area contributed by atoms with Gasteiger partial charge in [0.05, 0.1) is 39.3 Å². The highest BCUT2D eigenvalue weighted by Gasteiger charge is 2.20. The maximum Gasteiger partial charge on any atom is 0.165 e. The Morgan fingerprint density at radius 1 is 0.690 bits per heavy atom. The van der Waals surface area contributed by atoms with E-state index in [4.69, 9.17) is 30.9 Å². The fraction of sp³-hybridized carbons (Fsp3) is 0.286. The maximum atomic E-state index is 13.7. The van der Waals surface area contributed by atoms with Gasteiger partial charge in [0, 0.05) is 103 Å². The number of benzene rings is 2. The number of ether oxygens (including phenoxy) is 2. The van der Waals surface area contributed by atoms with Crippen LogP contribution in [0.5, 0.6) is 0 Å². The Morgan fingerprint density at radius 2 is 1.29 bits per heavy atom. The molecule has 2 aliphatic heterocycles. The zero-order chi connectivity index (χ0) is 39.6. The minimum Gasteiger partial charge on any atom is -0.384 e. The van der Waals surface area contributed by atoms with Gasteiger partial charge in [0.1, 0.15) is 17.5 Å². The molecule has 296 valence electrons. The smallest absolute Gasteiger partial charge is 0.165 e. The summed E-state index contributed by atoms with van der Waals surface area (Å²) in [5, 5.41) is 17.7. The summed E-state index contributed by atoms with van der Waals surface area (Å²) in [6.07, 6.45) is 11.1. The molecule has 8 aromatic rings. The summed E-state index contributed by atoms with van der Waals surface area (Å²) >= 11 is 3.57. The lowest BCUT2D eigenvalue weighted by atomic mass is 10.1. The van der Waals surface area contributed by atoms with Gasteiger partial charge in [-0.3, -0.25) is 9.97 Å². The summed E-state index contributed by atoms with van der Waals surface area (Å²) < 4.78 is 28.5. The molecule has 2 aliphatic rings. The van der Waals surface area contributed by atoms with E-state index in [1.165, 1.54) is 12.1 Å². The van der Waals surface area contributed by atoms with E-state index in [9.17, 15) is 4.39 Å². The zero-order valence-electron chi connectivity index (χ0n) is 31.6. The highest BCUT2D eigenvalue weighted by atomic mass is 79.9. The molecule has 58 heavy (non-hydrogen) atoms. The standard InChI is InChI=1S/C21H20BrFN6O.C21H22N6O/c22-19-18(11-25-15-3-5-30-6-4-15)28-21-16(10-27-29(21)20(19)24)13-7-12-8-14(23)1-2-17(12)26-9-13;22-20-10-17(12-23-16-5-7-28-8-6-16)26-21-18(13-25-27(20)21)15-9-14-3-1-2-4-19(14)24-11-15/h1-2,7-10,15,25H,3-6,11,24H2;1-4,9-11,13,16,23H,5-8,12,22H2. The third-order valence-corrected chi connectivity index (χ3v) is 11.5. The molecule has 6 aromatic heterocycles. The minimum absolute atomic E-state index is 0.297. The molecule has 2 fully saturated rings. The average Bonchev–Trinajstić information content (AvgIpc) is 3.89. The number of anilines is 2. The molecule has 14 nitrogen and oxygen atoms in total. The number of nitrogens with two attached hydrogens (primary N) is 2. The Balaban J connectivity index is 0.000000151. The molecule has 0 spiro atoms. The largest absolute Gasteiger partial charge is 0.384 e. The van der Waals surface area contributed by atoms with Crippen molar-refractivity contribution in [3.8, 4) is 22.3 Å². The van der Waals surface area contributed by atoms with E-state index in [0.29, 0.717) is 42.5 Å². The Morgan fingerprint density at radius 3 is 2.00 bits per heavy atom. The van der Waals surface area contributed by atoms with E-state index >= 15 is 0 Å². The second-order valence-electron chi connectivity index (χ2n) is 14.5. The van der Waals surface area contributed by atoms with Gasteiger partial charge in [-0.2, -0.15) is 19.2 Å². The third-order valence-electron chi connectivity index (χ3n) is 10.7. The van der Waals surface area contributed by atoms with E-state index in [1.807, 2.05) is 36.5 Å². The predicted molar refractivity (Wildman–Crippen MR) is 225 cm³/mol. The number of hydrogen-bond donors (Lipinski definition) is 4. The quantitative estimate of drug-likeness (QED) is 0.131. The molecular weight excluding hydrogens is 803 g/mol. The fourth-order valence-corrected chi connectivity index (χ4v) is 7.86. The lowest BCUT2D eigenvalue weighted by molar-refractivity contribution is 0.0774. The number of aromatic nitrogens is 8. The van der Waals surface area contributed by atoms with Gasteiger partial charge in [0.25, 0.3) is 0 Å². The first kappa shape index (κ1) is 37.9. The predicted octanol–water partition coefficient (Wildman–Crippen LogP) is 6.49. The van der Waals surface area contributed by atoms with Crippen LogP contribution in [0.4, 0.5) is 16.0 Å². The number of nitrogens with one attached hydrogen (secondary N) is 2. The van der Waals surface area contributed by atoms with E-state index < -0.39 is 0 Å². The molecule has 0 unspecified atom stereocenters. The number of hydrogen-bond acceptors (Lipinski definition) is 12. The molecule has 0 aliphatic carbocycles. The summed E-state index contributed by atoms with van der Waals surface area (Å²) in [6, 6.07) is 19.4. The zero-order valence-corrected chi connectivity index (χ0v) is 33.2. The first-order chi connectivity index (χ1) is 28.4. The fourth-order valence-electron chi connectivity index (χ4n) is 7.46. The number of nitrogen functional groups attached to an aromatic ring is 2. The molecule has 10 rings (SSSR count). The van der Waals surface area contributed by atoms with Crippen molar-refractivity contribution < 1.29 is 13.9 Å². The molecule has 0 amide bonds. The number of rotatable bonds is 8. The van der Waals surface area contributed by atoms with Crippen molar-refractivity contribution in [1.29, 1.82) is 0 Å². The van der Waals surface area contributed by atoms with Crippen LogP contribution in [0.15, 0.2) is 89.9 Å². The van der Waals surface area contributed by atoms with Gasteiger partial charge in [-0.05, 0) is 78.0 Å². The molecule has 8 heterocycles. The normalized spacial score (nSPS) is 15.3. The van der Waals surface area contributed by atoms with Gasteiger partial charge < -0.3 is 31.6 Å². The number of para-hydroxylation sites is 1. The number of pyridine rings is 2. The van der Waals surface area contributed by atoms with E-state index in [-0.39, 0.29) is 5.82 Å². The van der Waals surface area contributed by atoms with Gasteiger partial charge in [-0.1, -0.05) is 18.2 Å². The summed E-state index contributed by atoms with van der Waals surface area (Å²) in [4.78, 5) is 18.7. The second kappa shape index (κ2) is 16.7. The monoisotopic (exact) mass is 844 g/mol. The Labute approximate surface area is 341 Å². The van der Waals surface area contributed by atoms with Gasteiger partial charge in [-0.25, -0.2) is 14.4 Å². The molecule has 0 bridgehead atoms. The average molecular weight is 846 g/mol. The number of fused-ring (bicyclic) bond motifs is 4. The van der Waals surface area contributed by atoms with Crippen LogP contribution in [0.25, 0.3) is 55.4 Å². The Kier molecular flexibility index (Phi) is 10.9. The first-order valence-corrected chi connectivity index (χ1v) is 20.1. The molecule has 16 heteroatoms. The lowest BCUT2D eigenvalue weighted by Crippen LogP contribution is -2.34. The van der Waals surface area contributed by atoms with Crippen molar-refractivity contribution >= 4 is 60.7 Å². The van der Waals surface area contributed by atoms with E-state index in [2.05, 4.69) is 58.9 Å².